The summed E-state index contributed by atoms with van der Waals surface area (Å²) in [6, 6.07) is 6.81. The van der Waals surface area contributed by atoms with E-state index >= 15 is 0 Å². The van der Waals surface area contributed by atoms with E-state index in [-0.39, 0.29) is 11.1 Å². The molecule has 1 aliphatic heterocycles. The monoisotopic (exact) mass is 406 g/mol. The third-order valence-corrected chi connectivity index (χ3v) is 4.74. The Labute approximate surface area is 164 Å². The third-order valence-electron chi connectivity index (χ3n) is 3.54. The average molecular weight is 407 g/mol. The number of hydrogen-bond donors (Lipinski definition) is 1. The Bertz CT molecular complexity index is 980. The van der Waals surface area contributed by atoms with Gasteiger partial charge in [0, 0.05) is 19.1 Å². The molecule has 1 N–H and O–H groups in total. The van der Waals surface area contributed by atoms with Crippen molar-refractivity contribution in [2.45, 2.75) is 6.92 Å². The predicted octanol–water partition coefficient (Wildman–Crippen LogP) is 3.72. The highest BCUT2D eigenvalue weighted by Gasteiger charge is 2.23. The molecule has 9 heteroatoms. The quantitative estimate of drug-likeness (QED) is 0.778. The zero-order valence-corrected chi connectivity index (χ0v) is 16.2. The minimum Gasteiger partial charge on any atom is -0.496 e. The first-order valence-corrected chi connectivity index (χ1v) is 8.92. The van der Waals surface area contributed by atoms with Gasteiger partial charge >= 0.3 is 0 Å². The van der Waals surface area contributed by atoms with Crippen LogP contribution >= 0.6 is 23.4 Å². The molecule has 0 aliphatic carbocycles. The van der Waals surface area contributed by atoms with Gasteiger partial charge in [0.15, 0.2) is 5.17 Å². The number of methoxy groups -OCH3 is 2. The van der Waals surface area contributed by atoms with Crippen molar-refractivity contribution in [3.05, 3.63) is 40.0 Å². The van der Waals surface area contributed by atoms with Gasteiger partial charge in [-0.3, -0.25) is 9.59 Å². The number of halogens is 1. The molecule has 0 spiro atoms. The van der Waals surface area contributed by atoms with E-state index in [0.29, 0.717) is 38.5 Å². The molecule has 1 aromatic carbocycles. The van der Waals surface area contributed by atoms with Crippen molar-refractivity contribution in [2.75, 3.05) is 14.2 Å². The first kappa shape index (κ1) is 19.1. The average Bonchev–Trinajstić information content (AvgIpc) is 3.21. The summed E-state index contributed by atoms with van der Waals surface area (Å²) in [6.45, 7) is 1.35. The van der Waals surface area contributed by atoms with Gasteiger partial charge in [-0.05, 0) is 30.0 Å². The fraction of sp³-hybridized carbons (Fsp3) is 0.167. The molecule has 0 bridgehead atoms. The fourth-order valence-corrected chi connectivity index (χ4v) is 3.44. The molecule has 1 aromatic heterocycles. The number of thioether (sulfide) groups is 1. The van der Waals surface area contributed by atoms with Crippen LogP contribution in [0.5, 0.6) is 11.5 Å². The molecule has 0 saturated carbocycles. The Kier molecular flexibility index (Phi) is 5.57. The number of hydrogen-bond acceptors (Lipinski definition) is 6. The SMILES string of the molecule is COc1cc(-c2ccc(C=C3SC(NC(C)=O)=NC3=O)o2)c(OC)cc1Cl. The number of ether oxygens (including phenoxy) is 2. The molecule has 0 unspecified atom stereocenters. The lowest BCUT2D eigenvalue weighted by atomic mass is 10.1. The number of nitrogens with one attached hydrogen (secondary N) is 1. The van der Waals surface area contributed by atoms with Gasteiger partial charge in [-0.1, -0.05) is 11.6 Å². The minimum absolute atomic E-state index is 0.245. The zero-order chi connectivity index (χ0) is 19.6. The highest BCUT2D eigenvalue weighted by molar-refractivity contribution is 8.18. The van der Waals surface area contributed by atoms with Gasteiger partial charge in [-0.2, -0.15) is 4.99 Å². The van der Waals surface area contributed by atoms with Gasteiger partial charge in [0.1, 0.15) is 23.0 Å². The second kappa shape index (κ2) is 7.89. The van der Waals surface area contributed by atoms with Crippen molar-refractivity contribution in [2.24, 2.45) is 4.99 Å². The van der Waals surface area contributed by atoms with Crippen molar-refractivity contribution in [3.63, 3.8) is 0 Å². The molecular weight excluding hydrogens is 392 g/mol. The maximum atomic E-state index is 11.9. The molecule has 0 saturated heterocycles. The lowest BCUT2D eigenvalue weighted by molar-refractivity contribution is -0.117. The molecule has 0 fully saturated rings. The Morgan fingerprint density at radius 1 is 1.26 bits per heavy atom. The predicted molar refractivity (Wildman–Crippen MR) is 104 cm³/mol. The van der Waals surface area contributed by atoms with Crippen molar-refractivity contribution < 1.29 is 23.5 Å². The van der Waals surface area contributed by atoms with Gasteiger partial charge < -0.3 is 19.2 Å². The summed E-state index contributed by atoms with van der Waals surface area (Å²) in [6.07, 6.45) is 1.56. The van der Waals surface area contributed by atoms with Crippen LogP contribution in [0.4, 0.5) is 0 Å². The first-order valence-electron chi connectivity index (χ1n) is 7.73. The summed E-state index contributed by atoms with van der Waals surface area (Å²) >= 11 is 7.19. The number of nitrogens with zero attached hydrogens (tertiary/aromatic N) is 1. The summed E-state index contributed by atoms with van der Waals surface area (Å²) in [5, 5.41) is 3.15. The highest BCUT2D eigenvalue weighted by atomic mass is 35.5. The van der Waals surface area contributed by atoms with Crippen molar-refractivity contribution in [1.29, 1.82) is 0 Å². The molecule has 2 heterocycles. The van der Waals surface area contributed by atoms with Crippen LogP contribution in [0.2, 0.25) is 5.02 Å². The van der Waals surface area contributed by atoms with Crippen molar-refractivity contribution >= 4 is 46.4 Å². The summed E-state index contributed by atoms with van der Waals surface area (Å²) in [4.78, 5) is 27.2. The van der Waals surface area contributed by atoms with Gasteiger partial charge in [0.25, 0.3) is 5.91 Å². The van der Waals surface area contributed by atoms with E-state index in [1.54, 1.807) is 30.3 Å². The zero-order valence-electron chi connectivity index (χ0n) is 14.7. The number of rotatable bonds is 4. The normalized spacial score (nSPS) is 15.0. The summed E-state index contributed by atoms with van der Waals surface area (Å²) < 4.78 is 16.4. The Balaban J connectivity index is 1.88. The van der Waals surface area contributed by atoms with Gasteiger partial charge in [0.2, 0.25) is 5.91 Å². The Morgan fingerprint density at radius 3 is 2.67 bits per heavy atom. The number of amidine groups is 1. The van der Waals surface area contributed by atoms with Crippen molar-refractivity contribution in [3.8, 4) is 22.8 Å². The standard InChI is InChI=1S/C18H15ClN2O5S/c1-9(22)20-18-21-17(23)16(27-18)6-10-4-5-13(26-10)11-7-15(25-3)12(19)8-14(11)24-2/h4-8H,1-3H3,(H,20,21,22,23). The number of aliphatic imine (C=N–C) groups is 1. The topological polar surface area (TPSA) is 90.1 Å². The largest absolute Gasteiger partial charge is 0.496 e. The molecule has 3 rings (SSSR count). The Hall–Kier alpha value is -2.71. The van der Waals surface area contributed by atoms with Crippen molar-refractivity contribution in [1.82, 2.24) is 5.32 Å². The van der Waals surface area contributed by atoms with Crippen LogP contribution in [0.3, 0.4) is 0 Å². The van der Waals surface area contributed by atoms with Crippen LogP contribution in [0.25, 0.3) is 17.4 Å². The van der Waals surface area contributed by atoms with Crippen LogP contribution in [0.1, 0.15) is 12.7 Å². The van der Waals surface area contributed by atoms with E-state index < -0.39 is 5.91 Å². The number of benzene rings is 1. The van der Waals surface area contributed by atoms with Crippen LogP contribution in [0.15, 0.2) is 38.6 Å². The number of carbonyl (C=O) groups is 2. The first-order chi connectivity index (χ1) is 12.9. The van der Waals surface area contributed by atoms with Gasteiger partial charge in [0.05, 0.1) is 29.7 Å². The molecule has 0 radical (unpaired) electrons. The Morgan fingerprint density at radius 2 is 2.00 bits per heavy atom. The fourth-order valence-electron chi connectivity index (χ4n) is 2.37. The maximum absolute atomic E-state index is 11.9. The van der Waals surface area contributed by atoms with Crippen LogP contribution in [0, 0.1) is 0 Å². The summed E-state index contributed by atoms with van der Waals surface area (Å²) in [5.74, 6) is 1.26. The molecule has 7 nitrogen and oxygen atoms in total. The molecule has 27 heavy (non-hydrogen) atoms. The third kappa shape index (κ3) is 4.17. The molecule has 2 aromatic rings. The van der Waals surface area contributed by atoms with E-state index in [4.69, 9.17) is 25.5 Å². The van der Waals surface area contributed by atoms with Gasteiger partial charge in [-0.25, -0.2) is 0 Å². The van der Waals surface area contributed by atoms with Gasteiger partial charge in [-0.15, -0.1) is 0 Å². The van der Waals surface area contributed by atoms with E-state index in [0.717, 1.165) is 11.8 Å². The summed E-state index contributed by atoms with van der Waals surface area (Å²) in [7, 11) is 3.05. The van der Waals surface area contributed by atoms with Crippen LogP contribution < -0.4 is 14.8 Å². The van der Waals surface area contributed by atoms with Crippen LogP contribution in [-0.2, 0) is 9.59 Å². The minimum atomic E-state index is -0.438. The van der Waals surface area contributed by atoms with E-state index in [9.17, 15) is 9.59 Å². The summed E-state index contributed by atoms with van der Waals surface area (Å²) in [5.41, 5.74) is 0.656. The van der Waals surface area contributed by atoms with E-state index in [1.807, 2.05) is 0 Å². The number of amides is 2. The molecule has 1 aliphatic rings. The second-order valence-electron chi connectivity index (χ2n) is 5.40. The second-order valence-corrected chi connectivity index (χ2v) is 6.84. The van der Waals surface area contributed by atoms with Crippen LogP contribution in [-0.4, -0.2) is 31.2 Å². The lowest BCUT2D eigenvalue weighted by Gasteiger charge is -2.10. The molecule has 140 valence electrons. The molecule has 0 atom stereocenters. The smallest absolute Gasteiger partial charge is 0.286 e. The van der Waals surface area contributed by atoms with E-state index in [1.165, 1.54) is 21.1 Å². The number of furan rings is 1. The lowest BCUT2D eigenvalue weighted by Crippen LogP contribution is -2.23. The highest BCUT2D eigenvalue weighted by Crippen LogP contribution is 2.39. The maximum Gasteiger partial charge on any atom is 0.286 e. The molecular formula is C18H15ClN2O5S. The molecule has 2 amide bonds. The number of carbonyl (C=O) groups excluding carboxylic acids is 2. The van der Waals surface area contributed by atoms with E-state index in [2.05, 4.69) is 10.3 Å².